The lowest BCUT2D eigenvalue weighted by atomic mass is 10.0. The quantitative estimate of drug-likeness (QED) is 0.869. The molecule has 0 radical (unpaired) electrons. The van der Waals surface area contributed by atoms with E-state index < -0.39 is 0 Å². The van der Waals surface area contributed by atoms with E-state index in [4.69, 9.17) is 0 Å². The molecule has 5 nitrogen and oxygen atoms in total. The second-order valence-electron chi connectivity index (χ2n) is 6.02. The first-order chi connectivity index (χ1) is 11.6. The maximum atomic E-state index is 12.6. The Kier molecular flexibility index (Phi) is 4.89. The van der Waals surface area contributed by atoms with Crippen molar-refractivity contribution in [2.45, 2.75) is 19.4 Å². The molecule has 2 amide bonds. The lowest BCUT2D eigenvalue weighted by Gasteiger charge is -2.41. The molecule has 3 rings (SSSR count). The third kappa shape index (κ3) is 3.62. The van der Waals surface area contributed by atoms with Crippen LogP contribution in [0.5, 0.6) is 0 Å². The predicted molar refractivity (Wildman–Crippen MR) is 91.1 cm³/mol. The normalized spacial score (nSPS) is 17.6. The fourth-order valence-electron chi connectivity index (χ4n) is 3.14. The third-order valence-electron chi connectivity index (χ3n) is 4.40. The average Bonchev–Trinajstić information content (AvgIpc) is 2.62. The van der Waals surface area contributed by atoms with E-state index in [2.05, 4.69) is 4.98 Å². The summed E-state index contributed by atoms with van der Waals surface area (Å²) in [4.78, 5) is 32.3. The highest BCUT2D eigenvalue weighted by atomic mass is 16.2. The Balaban J connectivity index is 1.75. The van der Waals surface area contributed by atoms with Gasteiger partial charge in [-0.15, -0.1) is 0 Å². The lowest BCUT2D eigenvalue weighted by molar-refractivity contribution is -0.141. The molecular weight excluding hydrogens is 302 g/mol. The topological polar surface area (TPSA) is 53.5 Å². The monoisotopic (exact) mass is 323 g/mol. The second kappa shape index (κ2) is 7.25. The summed E-state index contributed by atoms with van der Waals surface area (Å²) in [5.74, 6) is 0.121. The van der Waals surface area contributed by atoms with Crippen LogP contribution in [0.3, 0.4) is 0 Å². The minimum atomic E-state index is -0.0877. The maximum Gasteiger partial charge on any atom is 0.227 e. The molecule has 5 heteroatoms. The van der Waals surface area contributed by atoms with Crippen molar-refractivity contribution in [2.75, 3.05) is 19.6 Å². The molecule has 1 aromatic heterocycles. The molecule has 0 N–H and O–H groups in total. The molecule has 0 unspecified atom stereocenters. The number of benzene rings is 1. The molecule has 1 aliphatic rings. The number of hydrogen-bond acceptors (Lipinski definition) is 3. The molecule has 24 heavy (non-hydrogen) atoms. The number of carbonyl (C=O) groups is 2. The summed E-state index contributed by atoms with van der Waals surface area (Å²) in [6.45, 7) is 3.25. The fourth-order valence-corrected chi connectivity index (χ4v) is 3.14. The van der Waals surface area contributed by atoms with Crippen molar-refractivity contribution in [2.24, 2.45) is 0 Å². The number of pyridine rings is 1. The summed E-state index contributed by atoms with van der Waals surface area (Å²) < 4.78 is 0. The molecule has 2 aromatic rings. The Bertz CT molecular complexity index is 703. The first-order valence-electron chi connectivity index (χ1n) is 8.14. The van der Waals surface area contributed by atoms with Gasteiger partial charge in [0.15, 0.2) is 0 Å². The number of nitrogens with zero attached hydrogens (tertiary/aromatic N) is 3. The highest BCUT2D eigenvalue weighted by molar-refractivity contribution is 5.79. The maximum absolute atomic E-state index is 12.6. The summed E-state index contributed by atoms with van der Waals surface area (Å²) in [5.41, 5.74) is 1.97. The zero-order valence-corrected chi connectivity index (χ0v) is 13.8. The second-order valence-corrected chi connectivity index (χ2v) is 6.02. The van der Waals surface area contributed by atoms with Crippen LogP contribution >= 0.6 is 0 Å². The van der Waals surface area contributed by atoms with Gasteiger partial charge < -0.3 is 9.80 Å². The van der Waals surface area contributed by atoms with Gasteiger partial charge in [0, 0.05) is 39.0 Å². The molecule has 0 aliphatic carbocycles. The van der Waals surface area contributed by atoms with E-state index in [9.17, 15) is 9.59 Å². The van der Waals surface area contributed by atoms with Crippen molar-refractivity contribution in [3.05, 3.63) is 66.0 Å². The molecular formula is C19H21N3O2. The van der Waals surface area contributed by atoms with Gasteiger partial charge in [-0.1, -0.05) is 36.4 Å². The minimum Gasteiger partial charge on any atom is -0.338 e. The summed E-state index contributed by atoms with van der Waals surface area (Å²) in [6.07, 6.45) is 3.76. The van der Waals surface area contributed by atoms with Crippen LogP contribution in [0, 0.1) is 0 Å². The fraction of sp³-hybridized carbons (Fsp3) is 0.316. The van der Waals surface area contributed by atoms with E-state index in [-0.39, 0.29) is 17.9 Å². The van der Waals surface area contributed by atoms with Crippen LogP contribution in [0.2, 0.25) is 0 Å². The Labute approximate surface area is 141 Å². The van der Waals surface area contributed by atoms with Crippen LogP contribution in [0.25, 0.3) is 0 Å². The van der Waals surface area contributed by atoms with Gasteiger partial charge in [0.2, 0.25) is 11.8 Å². The van der Waals surface area contributed by atoms with Gasteiger partial charge in [-0.05, 0) is 17.2 Å². The molecule has 1 atom stereocenters. The molecule has 1 fully saturated rings. The van der Waals surface area contributed by atoms with Gasteiger partial charge in [0.05, 0.1) is 12.5 Å². The van der Waals surface area contributed by atoms with Gasteiger partial charge in [0.1, 0.15) is 0 Å². The minimum absolute atomic E-state index is 0.0446. The van der Waals surface area contributed by atoms with Crippen LogP contribution in [0.1, 0.15) is 24.1 Å². The predicted octanol–water partition coefficient (Wildman–Crippen LogP) is 2.06. The molecule has 0 spiro atoms. The van der Waals surface area contributed by atoms with Gasteiger partial charge >= 0.3 is 0 Å². The van der Waals surface area contributed by atoms with Crippen molar-refractivity contribution >= 4 is 11.8 Å². The number of amides is 2. The van der Waals surface area contributed by atoms with Crippen LogP contribution < -0.4 is 0 Å². The lowest BCUT2D eigenvalue weighted by Crippen LogP contribution is -2.52. The van der Waals surface area contributed by atoms with E-state index in [1.165, 1.54) is 0 Å². The summed E-state index contributed by atoms with van der Waals surface area (Å²) in [5, 5.41) is 0. The smallest absolute Gasteiger partial charge is 0.227 e. The first-order valence-corrected chi connectivity index (χ1v) is 8.14. The van der Waals surface area contributed by atoms with E-state index >= 15 is 0 Å². The van der Waals surface area contributed by atoms with Crippen molar-refractivity contribution in [1.29, 1.82) is 0 Å². The number of hydrogen-bond donors (Lipinski definition) is 0. The number of rotatable bonds is 3. The average molecular weight is 323 g/mol. The van der Waals surface area contributed by atoms with Gasteiger partial charge in [-0.2, -0.15) is 0 Å². The van der Waals surface area contributed by atoms with Gasteiger partial charge in [0.25, 0.3) is 0 Å². The zero-order valence-electron chi connectivity index (χ0n) is 13.8. The van der Waals surface area contributed by atoms with Crippen LogP contribution in [-0.2, 0) is 16.0 Å². The number of aromatic nitrogens is 1. The van der Waals surface area contributed by atoms with E-state index in [1.54, 1.807) is 19.3 Å². The first kappa shape index (κ1) is 16.2. The number of carbonyl (C=O) groups excluding carboxylic acids is 2. The van der Waals surface area contributed by atoms with Crippen molar-refractivity contribution < 1.29 is 9.59 Å². The molecule has 124 valence electrons. The molecule has 1 saturated heterocycles. The van der Waals surface area contributed by atoms with E-state index in [0.717, 1.165) is 11.1 Å². The third-order valence-corrected chi connectivity index (χ3v) is 4.40. The van der Waals surface area contributed by atoms with Crippen molar-refractivity contribution in [3.63, 3.8) is 0 Å². The zero-order chi connectivity index (χ0) is 16.9. The molecule has 0 bridgehead atoms. The Morgan fingerprint density at radius 1 is 1.12 bits per heavy atom. The Morgan fingerprint density at radius 2 is 1.92 bits per heavy atom. The SMILES string of the molecule is CC(=O)N1CCN(C(=O)Cc2cccnc2)C[C@H]1c1ccccc1. The summed E-state index contributed by atoms with van der Waals surface area (Å²) in [6, 6.07) is 13.6. The van der Waals surface area contributed by atoms with Crippen LogP contribution in [0.15, 0.2) is 54.9 Å². The molecule has 0 saturated carbocycles. The number of piperazine rings is 1. The van der Waals surface area contributed by atoms with Crippen LogP contribution in [-0.4, -0.2) is 46.2 Å². The molecule has 1 aliphatic heterocycles. The van der Waals surface area contributed by atoms with E-state index in [0.29, 0.717) is 26.1 Å². The van der Waals surface area contributed by atoms with Crippen LogP contribution in [0.4, 0.5) is 0 Å². The van der Waals surface area contributed by atoms with Crippen molar-refractivity contribution in [3.8, 4) is 0 Å². The summed E-state index contributed by atoms with van der Waals surface area (Å²) in [7, 11) is 0. The molecule has 1 aromatic carbocycles. The standard InChI is InChI=1S/C19H21N3O2/c1-15(23)22-11-10-21(14-18(22)17-7-3-2-4-8-17)19(24)12-16-6-5-9-20-13-16/h2-9,13,18H,10-12,14H2,1H3/t18-/m0/s1. The van der Waals surface area contributed by atoms with Crippen molar-refractivity contribution in [1.82, 2.24) is 14.8 Å². The van der Waals surface area contributed by atoms with Gasteiger partial charge in [-0.3, -0.25) is 14.6 Å². The van der Waals surface area contributed by atoms with E-state index in [1.807, 2.05) is 52.3 Å². The molecule has 2 heterocycles. The highest BCUT2D eigenvalue weighted by Crippen LogP contribution is 2.25. The summed E-state index contributed by atoms with van der Waals surface area (Å²) >= 11 is 0. The Hall–Kier alpha value is -2.69. The largest absolute Gasteiger partial charge is 0.338 e. The highest BCUT2D eigenvalue weighted by Gasteiger charge is 2.31. The Morgan fingerprint density at radius 3 is 2.58 bits per heavy atom. The van der Waals surface area contributed by atoms with Gasteiger partial charge in [-0.25, -0.2) is 0 Å².